The fraction of sp³-hybridized carbons (Fsp3) is 0.588. The van der Waals surface area contributed by atoms with Crippen LogP contribution in [0.5, 0.6) is 0 Å². The van der Waals surface area contributed by atoms with E-state index in [1.165, 1.54) is 12.0 Å². The van der Waals surface area contributed by atoms with E-state index in [1.54, 1.807) is 0 Å². The molecule has 1 heterocycles. The number of nitrogens with one attached hydrogen (secondary N) is 1. The Kier molecular flexibility index (Phi) is 5.60. The molecular formula is C17H26N2O. The number of rotatable bonds is 5. The van der Waals surface area contributed by atoms with Crippen LogP contribution < -0.4 is 5.32 Å². The number of carbonyl (C=O) groups excluding carboxylic acids is 1. The topological polar surface area (TPSA) is 32.3 Å². The van der Waals surface area contributed by atoms with Gasteiger partial charge in [-0.2, -0.15) is 0 Å². The van der Waals surface area contributed by atoms with Crippen molar-refractivity contribution in [3.8, 4) is 0 Å². The number of amides is 1. The molecule has 1 N–H and O–H groups in total. The quantitative estimate of drug-likeness (QED) is 0.893. The summed E-state index contributed by atoms with van der Waals surface area (Å²) in [6.07, 6.45) is 2.19. The Bertz CT molecular complexity index is 408. The van der Waals surface area contributed by atoms with Gasteiger partial charge in [-0.1, -0.05) is 44.2 Å². The number of carbonyl (C=O) groups is 1. The van der Waals surface area contributed by atoms with Crippen molar-refractivity contribution in [1.29, 1.82) is 0 Å². The van der Waals surface area contributed by atoms with Gasteiger partial charge in [0.25, 0.3) is 0 Å². The average molecular weight is 274 g/mol. The standard InChI is InChI=1S/C17H26N2O/c1-14-10-15(2)12-19(11-14)13-17(20)18-9-8-16-6-4-3-5-7-16/h3-7,14-15H,8-13H2,1-2H3,(H,18,20). The molecule has 0 spiro atoms. The van der Waals surface area contributed by atoms with E-state index in [2.05, 4.69) is 36.2 Å². The van der Waals surface area contributed by atoms with E-state index in [4.69, 9.17) is 0 Å². The van der Waals surface area contributed by atoms with E-state index in [9.17, 15) is 4.79 Å². The van der Waals surface area contributed by atoms with Gasteiger partial charge in [0.1, 0.15) is 0 Å². The largest absolute Gasteiger partial charge is 0.355 e. The number of piperidine rings is 1. The highest BCUT2D eigenvalue weighted by Gasteiger charge is 2.22. The predicted molar refractivity (Wildman–Crippen MR) is 82.5 cm³/mol. The van der Waals surface area contributed by atoms with Crippen LogP contribution in [0.15, 0.2) is 30.3 Å². The molecule has 2 atom stereocenters. The highest BCUT2D eigenvalue weighted by atomic mass is 16.2. The van der Waals surface area contributed by atoms with E-state index >= 15 is 0 Å². The van der Waals surface area contributed by atoms with Crippen LogP contribution in [-0.4, -0.2) is 37.0 Å². The van der Waals surface area contributed by atoms with Crippen LogP contribution >= 0.6 is 0 Å². The number of benzene rings is 1. The van der Waals surface area contributed by atoms with Gasteiger partial charge in [0.05, 0.1) is 6.54 Å². The van der Waals surface area contributed by atoms with Gasteiger partial charge in [-0.15, -0.1) is 0 Å². The van der Waals surface area contributed by atoms with E-state index in [-0.39, 0.29) is 5.91 Å². The van der Waals surface area contributed by atoms with Gasteiger partial charge in [-0.3, -0.25) is 9.69 Å². The molecule has 2 unspecified atom stereocenters. The van der Waals surface area contributed by atoms with Crippen molar-refractivity contribution in [2.75, 3.05) is 26.2 Å². The SMILES string of the molecule is CC1CC(C)CN(CC(=O)NCCc2ccccc2)C1. The molecule has 1 amide bonds. The molecule has 1 aliphatic rings. The minimum absolute atomic E-state index is 0.155. The van der Waals surface area contributed by atoms with Gasteiger partial charge in [0.2, 0.25) is 5.91 Å². The van der Waals surface area contributed by atoms with E-state index in [0.717, 1.165) is 26.1 Å². The maximum absolute atomic E-state index is 12.0. The lowest BCUT2D eigenvalue weighted by atomic mass is 9.92. The number of nitrogens with zero attached hydrogens (tertiary/aromatic N) is 1. The number of hydrogen-bond donors (Lipinski definition) is 1. The van der Waals surface area contributed by atoms with Crippen LogP contribution in [0.3, 0.4) is 0 Å². The fourth-order valence-electron chi connectivity index (χ4n) is 3.17. The highest BCUT2D eigenvalue weighted by Crippen LogP contribution is 2.20. The zero-order valence-corrected chi connectivity index (χ0v) is 12.6. The van der Waals surface area contributed by atoms with Crippen molar-refractivity contribution >= 4 is 5.91 Å². The summed E-state index contributed by atoms with van der Waals surface area (Å²) >= 11 is 0. The third kappa shape index (κ3) is 4.97. The smallest absolute Gasteiger partial charge is 0.234 e. The molecule has 0 aliphatic carbocycles. The molecule has 0 radical (unpaired) electrons. The monoisotopic (exact) mass is 274 g/mol. The maximum Gasteiger partial charge on any atom is 0.234 e. The van der Waals surface area contributed by atoms with Crippen LogP contribution in [0.25, 0.3) is 0 Å². The Morgan fingerprint density at radius 1 is 1.20 bits per heavy atom. The summed E-state index contributed by atoms with van der Waals surface area (Å²) in [6, 6.07) is 10.3. The van der Waals surface area contributed by atoms with Crippen molar-refractivity contribution in [2.45, 2.75) is 26.7 Å². The summed E-state index contributed by atoms with van der Waals surface area (Å²) in [4.78, 5) is 14.3. The van der Waals surface area contributed by atoms with E-state index in [1.807, 2.05) is 18.2 Å². The van der Waals surface area contributed by atoms with Crippen molar-refractivity contribution in [3.05, 3.63) is 35.9 Å². The van der Waals surface area contributed by atoms with Crippen LogP contribution in [0.2, 0.25) is 0 Å². The molecule has 1 aliphatic heterocycles. The van der Waals surface area contributed by atoms with Crippen LogP contribution in [0.4, 0.5) is 0 Å². The second-order valence-electron chi connectivity index (χ2n) is 6.23. The van der Waals surface area contributed by atoms with Crippen LogP contribution in [0.1, 0.15) is 25.8 Å². The second kappa shape index (κ2) is 7.44. The lowest BCUT2D eigenvalue weighted by Gasteiger charge is -2.34. The molecule has 0 aromatic heterocycles. The van der Waals surface area contributed by atoms with Gasteiger partial charge in [-0.25, -0.2) is 0 Å². The van der Waals surface area contributed by atoms with Crippen molar-refractivity contribution in [2.24, 2.45) is 11.8 Å². The third-order valence-electron chi connectivity index (χ3n) is 3.89. The Morgan fingerprint density at radius 2 is 1.85 bits per heavy atom. The fourth-order valence-corrected chi connectivity index (χ4v) is 3.17. The highest BCUT2D eigenvalue weighted by molar-refractivity contribution is 5.78. The lowest BCUT2D eigenvalue weighted by Crippen LogP contribution is -2.44. The summed E-state index contributed by atoms with van der Waals surface area (Å²) in [5.74, 6) is 1.56. The Hall–Kier alpha value is -1.35. The van der Waals surface area contributed by atoms with Gasteiger partial charge < -0.3 is 5.32 Å². The van der Waals surface area contributed by atoms with E-state index in [0.29, 0.717) is 18.4 Å². The molecule has 0 saturated carbocycles. The minimum Gasteiger partial charge on any atom is -0.355 e. The zero-order valence-electron chi connectivity index (χ0n) is 12.6. The second-order valence-corrected chi connectivity index (χ2v) is 6.23. The van der Waals surface area contributed by atoms with E-state index < -0.39 is 0 Å². The van der Waals surface area contributed by atoms with Gasteiger partial charge >= 0.3 is 0 Å². The Balaban J connectivity index is 1.67. The van der Waals surface area contributed by atoms with Gasteiger partial charge in [0, 0.05) is 19.6 Å². The first-order chi connectivity index (χ1) is 9.63. The Morgan fingerprint density at radius 3 is 2.50 bits per heavy atom. The average Bonchev–Trinajstić information content (AvgIpc) is 2.38. The number of hydrogen-bond acceptors (Lipinski definition) is 2. The molecule has 20 heavy (non-hydrogen) atoms. The van der Waals surface area contributed by atoms with Crippen LogP contribution in [0, 0.1) is 11.8 Å². The first-order valence-corrected chi connectivity index (χ1v) is 7.66. The first kappa shape index (κ1) is 15.0. The predicted octanol–water partition coefficient (Wildman–Crippen LogP) is 2.32. The molecule has 1 saturated heterocycles. The Labute approximate surface area is 122 Å². The van der Waals surface area contributed by atoms with Crippen molar-refractivity contribution in [1.82, 2.24) is 10.2 Å². The summed E-state index contributed by atoms with van der Waals surface area (Å²) in [5.41, 5.74) is 1.27. The molecule has 110 valence electrons. The molecule has 1 aromatic carbocycles. The maximum atomic E-state index is 12.0. The van der Waals surface area contributed by atoms with Gasteiger partial charge in [-0.05, 0) is 30.2 Å². The molecule has 3 nitrogen and oxygen atoms in total. The summed E-state index contributed by atoms with van der Waals surface area (Å²) in [5, 5.41) is 3.03. The molecule has 1 fully saturated rings. The van der Waals surface area contributed by atoms with Crippen molar-refractivity contribution < 1.29 is 4.79 Å². The molecular weight excluding hydrogens is 248 g/mol. The normalized spacial score (nSPS) is 23.5. The molecule has 0 bridgehead atoms. The third-order valence-corrected chi connectivity index (χ3v) is 3.89. The summed E-state index contributed by atoms with van der Waals surface area (Å²) in [6.45, 7) is 7.92. The summed E-state index contributed by atoms with van der Waals surface area (Å²) < 4.78 is 0. The molecule has 1 aromatic rings. The van der Waals surface area contributed by atoms with Gasteiger partial charge in [0.15, 0.2) is 0 Å². The lowest BCUT2D eigenvalue weighted by molar-refractivity contribution is -0.122. The van der Waals surface area contributed by atoms with Crippen molar-refractivity contribution in [3.63, 3.8) is 0 Å². The molecule has 3 heteroatoms. The summed E-state index contributed by atoms with van der Waals surface area (Å²) in [7, 11) is 0. The van der Waals surface area contributed by atoms with Crippen LogP contribution in [-0.2, 0) is 11.2 Å². The minimum atomic E-state index is 0.155. The first-order valence-electron chi connectivity index (χ1n) is 7.66. The number of likely N-dealkylation sites (tertiary alicyclic amines) is 1. The molecule has 2 rings (SSSR count). The zero-order chi connectivity index (χ0) is 14.4.